The molecule has 0 bridgehead atoms. The van der Waals surface area contributed by atoms with Crippen molar-refractivity contribution in [2.45, 2.75) is 39.9 Å². The zero-order valence-electron chi connectivity index (χ0n) is 17.4. The second-order valence-electron chi connectivity index (χ2n) is 7.25. The van der Waals surface area contributed by atoms with Gasteiger partial charge in [-0.2, -0.15) is 0 Å². The predicted molar refractivity (Wildman–Crippen MR) is 108 cm³/mol. The van der Waals surface area contributed by atoms with Crippen LogP contribution in [0.5, 0.6) is 23.0 Å². The van der Waals surface area contributed by atoms with E-state index in [0.29, 0.717) is 23.5 Å². The van der Waals surface area contributed by atoms with Crippen LogP contribution in [0.4, 0.5) is 0 Å². The van der Waals surface area contributed by atoms with Gasteiger partial charge in [-0.05, 0) is 49.1 Å². The van der Waals surface area contributed by atoms with Crippen LogP contribution < -0.4 is 9.47 Å². The first kappa shape index (κ1) is 22.5. The van der Waals surface area contributed by atoms with Gasteiger partial charge in [-0.3, -0.25) is 0 Å². The molecule has 0 aliphatic carbocycles. The fraction of sp³-hybridized carbons (Fsp3) is 0.409. The first-order valence-electron chi connectivity index (χ1n) is 9.31. The van der Waals surface area contributed by atoms with E-state index in [1.807, 2.05) is 13.8 Å². The molecule has 0 spiro atoms. The van der Waals surface area contributed by atoms with Crippen LogP contribution in [0, 0.1) is 12.8 Å². The number of aromatic carboxylic acids is 1. The second kappa shape index (κ2) is 9.62. The number of aliphatic hydroxyl groups excluding tert-OH is 1. The molecule has 0 aromatic heterocycles. The van der Waals surface area contributed by atoms with E-state index in [4.69, 9.17) is 14.2 Å². The zero-order chi connectivity index (χ0) is 21.7. The molecule has 2 rings (SSSR count). The monoisotopic (exact) mass is 404 g/mol. The highest BCUT2D eigenvalue weighted by atomic mass is 16.5. The Morgan fingerprint density at radius 2 is 1.83 bits per heavy atom. The molecule has 0 unspecified atom stereocenters. The van der Waals surface area contributed by atoms with E-state index < -0.39 is 5.97 Å². The molecule has 0 fully saturated rings. The van der Waals surface area contributed by atoms with Crippen LogP contribution in [0.2, 0.25) is 0 Å². The number of benzene rings is 2. The number of hydrogen-bond acceptors (Lipinski definition) is 6. The van der Waals surface area contributed by atoms with Gasteiger partial charge in [-0.1, -0.05) is 13.8 Å². The number of phenols is 1. The molecule has 158 valence electrons. The fourth-order valence-corrected chi connectivity index (χ4v) is 3.29. The molecule has 0 heterocycles. The van der Waals surface area contributed by atoms with Crippen LogP contribution in [0.3, 0.4) is 0 Å². The van der Waals surface area contributed by atoms with Crippen molar-refractivity contribution >= 4 is 5.97 Å². The lowest BCUT2D eigenvalue weighted by molar-refractivity contribution is 0.0684. The molecule has 7 nitrogen and oxygen atoms in total. The lowest BCUT2D eigenvalue weighted by atomic mass is 9.96. The Kier molecular flexibility index (Phi) is 7.47. The molecule has 2 aromatic carbocycles. The summed E-state index contributed by atoms with van der Waals surface area (Å²) in [6, 6.07) is 6.34. The van der Waals surface area contributed by atoms with E-state index >= 15 is 0 Å². The second-order valence-corrected chi connectivity index (χ2v) is 7.25. The Hall–Kier alpha value is -2.77. The Balaban J connectivity index is 2.62. The summed E-state index contributed by atoms with van der Waals surface area (Å²) in [7, 11) is 2.95. The summed E-state index contributed by atoms with van der Waals surface area (Å²) in [5.74, 6) is -0.976. The number of hydrogen-bond donors (Lipinski definition) is 3. The predicted octanol–water partition coefficient (Wildman–Crippen LogP) is 4.43. The van der Waals surface area contributed by atoms with Crippen LogP contribution in [0.1, 0.15) is 53.4 Å². The van der Waals surface area contributed by atoms with Gasteiger partial charge in [-0.25, -0.2) is 4.79 Å². The van der Waals surface area contributed by atoms with E-state index in [9.17, 15) is 20.1 Å². The lowest BCUT2D eigenvalue weighted by Crippen LogP contribution is -2.11. The van der Waals surface area contributed by atoms with Crippen LogP contribution in [-0.4, -0.2) is 35.5 Å². The average Bonchev–Trinajstić information content (AvgIpc) is 2.66. The molecule has 0 saturated heterocycles. The van der Waals surface area contributed by atoms with Crippen molar-refractivity contribution in [1.82, 2.24) is 0 Å². The number of carboxylic acids is 1. The highest BCUT2D eigenvalue weighted by Crippen LogP contribution is 2.42. The molecular weight excluding hydrogens is 376 g/mol. The molecular formula is C22H28O7. The minimum absolute atomic E-state index is 0.000810. The average molecular weight is 404 g/mol. The molecule has 3 N–H and O–H groups in total. The highest BCUT2D eigenvalue weighted by molar-refractivity contribution is 5.95. The third-order valence-corrected chi connectivity index (χ3v) is 4.56. The van der Waals surface area contributed by atoms with E-state index in [-0.39, 0.29) is 41.3 Å². The summed E-state index contributed by atoms with van der Waals surface area (Å²) in [4.78, 5) is 12.1. The van der Waals surface area contributed by atoms with Gasteiger partial charge in [0.2, 0.25) is 0 Å². The third kappa shape index (κ3) is 4.99. The minimum atomic E-state index is -1.24. The first-order valence-corrected chi connectivity index (χ1v) is 9.31. The van der Waals surface area contributed by atoms with E-state index in [0.717, 1.165) is 5.56 Å². The Morgan fingerprint density at radius 3 is 2.34 bits per heavy atom. The normalized spacial score (nSPS) is 12.1. The standard InChI is InChI=1S/C22H28O7/c1-12(2)8-18(27-4)15-6-7-17(19(22(25)26)21(15)28-5)29-20-14(11-23)9-13(3)10-16(20)24/h6-7,9-10,12,18,23-24H,8,11H2,1-5H3,(H,25,26)/t18-/m1/s1. The number of carbonyl (C=O) groups is 1. The van der Waals surface area contributed by atoms with Gasteiger partial charge >= 0.3 is 5.97 Å². The molecule has 0 saturated carbocycles. The van der Waals surface area contributed by atoms with Crippen molar-refractivity contribution in [2.24, 2.45) is 5.92 Å². The van der Waals surface area contributed by atoms with Gasteiger partial charge in [0.25, 0.3) is 0 Å². The van der Waals surface area contributed by atoms with Crippen molar-refractivity contribution in [3.63, 3.8) is 0 Å². The Bertz CT molecular complexity index is 874. The van der Waals surface area contributed by atoms with Crippen molar-refractivity contribution in [3.8, 4) is 23.0 Å². The molecule has 7 heteroatoms. The Labute approximate surface area is 170 Å². The molecule has 1 atom stereocenters. The van der Waals surface area contributed by atoms with E-state index in [2.05, 4.69) is 0 Å². The maximum atomic E-state index is 12.1. The molecule has 0 aliphatic rings. The fourth-order valence-electron chi connectivity index (χ4n) is 3.29. The maximum absolute atomic E-state index is 12.1. The van der Waals surface area contributed by atoms with E-state index in [1.54, 1.807) is 26.2 Å². The molecule has 0 radical (unpaired) electrons. The zero-order valence-corrected chi connectivity index (χ0v) is 17.4. The minimum Gasteiger partial charge on any atom is -0.504 e. The summed E-state index contributed by atoms with van der Waals surface area (Å²) >= 11 is 0. The molecule has 0 aliphatic heterocycles. The van der Waals surface area contributed by atoms with Gasteiger partial charge in [0.05, 0.1) is 19.8 Å². The van der Waals surface area contributed by atoms with Crippen molar-refractivity contribution in [3.05, 3.63) is 46.5 Å². The van der Waals surface area contributed by atoms with Gasteiger partial charge in [0, 0.05) is 18.2 Å². The topological polar surface area (TPSA) is 105 Å². The van der Waals surface area contributed by atoms with Crippen molar-refractivity contribution in [2.75, 3.05) is 14.2 Å². The summed E-state index contributed by atoms with van der Waals surface area (Å²) in [6.07, 6.45) is 0.331. The molecule has 2 aromatic rings. The smallest absolute Gasteiger partial charge is 0.343 e. The maximum Gasteiger partial charge on any atom is 0.343 e. The number of rotatable bonds is 9. The van der Waals surface area contributed by atoms with Crippen molar-refractivity contribution < 1.29 is 34.3 Å². The van der Waals surface area contributed by atoms with Crippen LogP contribution in [-0.2, 0) is 11.3 Å². The summed E-state index contributed by atoms with van der Waals surface area (Å²) < 4.78 is 16.8. The lowest BCUT2D eigenvalue weighted by Gasteiger charge is -2.23. The summed E-state index contributed by atoms with van der Waals surface area (Å²) in [5, 5.41) is 29.7. The third-order valence-electron chi connectivity index (χ3n) is 4.56. The summed E-state index contributed by atoms with van der Waals surface area (Å²) in [5.41, 5.74) is 1.50. The van der Waals surface area contributed by atoms with Crippen LogP contribution >= 0.6 is 0 Å². The number of carboxylic acid groups (broad SMARTS) is 1. The largest absolute Gasteiger partial charge is 0.504 e. The number of methoxy groups -OCH3 is 2. The van der Waals surface area contributed by atoms with Gasteiger partial charge in [0.1, 0.15) is 17.1 Å². The number of ether oxygens (including phenoxy) is 3. The van der Waals surface area contributed by atoms with E-state index in [1.165, 1.54) is 19.2 Å². The highest BCUT2D eigenvalue weighted by Gasteiger charge is 2.27. The number of aromatic hydroxyl groups is 1. The van der Waals surface area contributed by atoms with Gasteiger partial charge in [-0.15, -0.1) is 0 Å². The van der Waals surface area contributed by atoms with Gasteiger partial charge in [0.15, 0.2) is 11.5 Å². The number of phenolic OH excluding ortho intramolecular Hbond substituents is 1. The molecule has 29 heavy (non-hydrogen) atoms. The SMILES string of the molecule is COc1c([C@@H](CC(C)C)OC)ccc(Oc2c(O)cc(C)cc2CO)c1C(=O)O. The Morgan fingerprint density at radius 1 is 1.14 bits per heavy atom. The quantitative estimate of drug-likeness (QED) is 0.568. The number of aryl methyl sites for hydroxylation is 1. The molecule has 0 amide bonds. The summed E-state index contributed by atoms with van der Waals surface area (Å²) in [6.45, 7) is 5.49. The van der Waals surface area contributed by atoms with Crippen LogP contribution in [0.15, 0.2) is 24.3 Å². The van der Waals surface area contributed by atoms with Crippen molar-refractivity contribution in [1.29, 1.82) is 0 Å². The number of aliphatic hydroxyl groups is 1. The van der Waals surface area contributed by atoms with Gasteiger partial charge < -0.3 is 29.5 Å². The first-order chi connectivity index (χ1) is 13.7. The van der Waals surface area contributed by atoms with Crippen LogP contribution in [0.25, 0.3) is 0 Å².